The molecule has 0 bridgehead atoms. The number of nitrogens with one attached hydrogen (secondary N) is 1. The van der Waals surface area contributed by atoms with Crippen LogP contribution in [0, 0.1) is 5.41 Å². The van der Waals surface area contributed by atoms with Crippen LogP contribution in [-0.2, 0) is 9.59 Å². The minimum atomic E-state index is -0.818. The Morgan fingerprint density at radius 2 is 2.05 bits per heavy atom. The van der Waals surface area contributed by atoms with Crippen molar-refractivity contribution in [1.29, 1.82) is 0 Å². The number of furan rings is 1. The predicted octanol–water partition coefficient (Wildman–Crippen LogP) is 3.21. The van der Waals surface area contributed by atoms with E-state index in [1.54, 1.807) is 18.2 Å². The highest BCUT2D eigenvalue weighted by Crippen LogP contribution is 2.35. The van der Waals surface area contributed by atoms with E-state index in [1.165, 1.54) is 6.08 Å². The standard InChI is InChI=1S/C15H18BrNO4/c16-12-6-4-11(21-12)5-7-13(18)17-10-15(14(19)20)8-2-1-3-9-15/h4-7H,1-3,8-10H2,(H,17,18)(H,19,20)/b7-5+. The quantitative estimate of drug-likeness (QED) is 0.794. The number of rotatable bonds is 5. The van der Waals surface area contributed by atoms with Gasteiger partial charge in [0.2, 0.25) is 5.91 Å². The summed E-state index contributed by atoms with van der Waals surface area (Å²) in [5.41, 5.74) is -0.810. The first kappa shape index (κ1) is 15.8. The van der Waals surface area contributed by atoms with Crippen LogP contribution >= 0.6 is 15.9 Å². The summed E-state index contributed by atoms with van der Waals surface area (Å²) in [5, 5.41) is 12.1. The third-order valence-corrected chi connectivity index (χ3v) is 4.28. The molecule has 0 spiro atoms. The second kappa shape index (κ2) is 6.93. The zero-order valence-corrected chi connectivity index (χ0v) is 13.2. The van der Waals surface area contributed by atoms with Gasteiger partial charge in [-0.25, -0.2) is 0 Å². The van der Waals surface area contributed by atoms with Crippen molar-refractivity contribution in [2.75, 3.05) is 6.54 Å². The average Bonchev–Trinajstić information content (AvgIpc) is 2.89. The lowest BCUT2D eigenvalue weighted by Crippen LogP contribution is -2.44. The molecule has 0 unspecified atom stereocenters. The van der Waals surface area contributed by atoms with Gasteiger partial charge in [0.05, 0.1) is 5.41 Å². The van der Waals surface area contributed by atoms with Crippen LogP contribution in [0.2, 0.25) is 0 Å². The fourth-order valence-electron chi connectivity index (χ4n) is 2.59. The lowest BCUT2D eigenvalue weighted by molar-refractivity contribution is -0.150. The fraction of sp³-hybridized carbons (Fsp3) is 0.467. The summed E-state index contributed by atoms with van der Waals surface area (Å²) in [4.78, 5) is 23.3. The molecule has 2 N–H and O–H groups in total. The van der Waals surface area contributed by atoms with E-state index in [0.29, 0.717) is 23.3 Å². The molecule has 21 heavy (non-hydrogen) atoms. The van der Waals surface area contributed by atoms with E-state index >= 15 is 0 Å². The van der Waals surface area contributed by atoms with Gasteiger partial charge < -0.3 is 14.8 Å². The molecule has 1 aliphatic rings. The van der Waals surface area contributed by atoms with Gasteiger partial charge >= 0.3 is 5.97 Å². The first-order chi connectivity index (χ1) is 10.0. The average molecular weight is 356 g/mol. The van der Waals surface area contributed by atoms with Gasteiger partial charge in [-0.1, -0.05) is 19.3 Å². The Bertz CT molecular complexity index is 544. The van der Waals surface area contributed by atoms with E-state index in [0.717, 1.165) is 19.3 Å². The van der Waals surface area contributed by atoms with Crippen molar-refractivity contribution in [2.45, 2.75) is 32.1 Å². The van der Waals surface area contributed by atoms with Crippen LogP contribution in [0.4, 0.5) is 0 Å². The van der Waals surface area contributed by atoms with E-state index in [9.17, 15) is 14.7 Å². The molecule has 0 saturated heterocycles. The van der Waals surface area contributed by atoms with E-state index in [1.807, 2.05) is 0 Å². The fourth-order valence-corrected chi connectivity index (χ4v) is 2.90. The maximum Gasteiger partial charge on any atom is 0.311 e. The smallest absolute Gasteiger partial charge is 0.311 e. The van der Waals surface area contributed by atoms with Gasteiger partial charge in [-0.05, 0) is 47.0 Å². The summed E-state index contributed by atoms with van der Waals surface area (Å²) in [7, 11) is 0. The number of amides is 1. The van der Waals surface area contributed by atoms with E-state index in [4.69, 9.17) is 4.42 Å². The molecule has 5 nitrogen and oxygen atoms in total. The van der Waals surface area contributed by atoms with Crippen LogP contribution in [0.1, 0.15) is 37.9 Å². The molecule has 0 aromatic carbocycles. The Kier molecular flexibility index (Phi) is 5.22. The SMILES string of the molecule is O=C(/C=C/c1ccc(Br)o1)NCC1(C(=O)O)CCCCC1. The molecule has 1 fully saturated rings. The zero-order valence-electron chi connectivity index (χ0n) is 11.6. The number of carbonyl (C=O) groups is 2. The number of carboxylic acids is 1. The van der Waals surface area contributed by atoms with Crippen LogP contribution in [0.15, 0.2) is 27.3 Å². The molecule has 1 aliphatic carbocycles. The van der Waals surface area contributed by atoms with Crippen LogP contribution in [0.3, 0.4) is 0 Å². The van der Waals surface area contributed by atoms with Crippen LogP contribution < -0.4 is 5.32 Å². The highest BCUT2D eigenvalue weighted by Gasteiger charge is 2.39. The summed E-state index contributed by atoms with van der Waals surface area (Å²) in [6.07, 6.45) is 7.01. The van der Waals surface area contributed by atoms with Gasteiger partial charge in [-0.2, -0.15) is 0 Å². The molecular formula is C15H18BrNO4. The number of carboxylic acid groups (broad SMARTS) is 1. The minimum absolute atomic E-state index is 0.174. The minimum Gasteiger partial charge on any atom is -0.481 e. The molecule has 0 aliphatic heterocycles. The normalized spacial score (nSPS) is 17.8. The maximum absolute atomic E-state index is 11.8. The lowest BCUT2D eigenvalue weighted by atomic mass is 9.74. The van der Waals surface area contributed by atoms with Crippen LogP contribution in [-0.4, -0.2) is 23.5 Å². The van der Waals surface area contributed by atoms with E-state index in [-0.39, 0.29) is 12.5 Å². The summed E-state index contributed by atoms with van der Waals surface area (Å²) >= 11 is 3.18. The van der Waals surface area contributed by atoms with E-state index < -0.39 is 11.4 Å². The molecule has 1 aromatic rings. The molecule has 0 radical (unpaired) electrons. The molecule has 2 rings (SSSR count). The Balaban J connectivity index is 1.90. The number of carbonyl (C=O) groups excluding carboxylic acids is 1. The second-order valence-corrected chi connectivity index (χ2v) is 6.12. The molecule has 1 amide bonds. The highest BCUT2D eigenvalue weighted by atomic mass is 79.9. The largest absolute Gasteiger partial charge is 0.481 e. The van der Waals surface area contributed by atoms with E-state index in [2.05, 4.69) is 21.2 Å². The highest BCUT2D eigenvalue weighted by molar-refractivity contribution is 9.10. The van der Waals surface area contributed by atoms with Gasteiger partial charge in [0.25, 0.3) is 0 Å². The number of aliphatic carboxylic acids is 1. The van der Waals surface area contributed by atoms with Crippen LogP contribution in [0.5, 0.6) is 0 Å². The van der Waals surface area contributed by atoms with Gasteiger partial charge in [-0.15, -0.1) is 0 Å². The van der Waals surface area contributed by atoms with Crippen molar-refractivity contribution in [3.05, 3.63) is 28.6 Å². The summed E-state index contributed by atoms with van der Waals surface area (Å²) < 4.78 is 5.83. The predicted molar refractivity (Wildman–Crippen MR) is 81.6 cm³/mol. The number of halogens is 1. The van der Waals surface area contributed by atoms with Crippen LogP contribution in [0.25, 0.3) is 6.08 Å². The maximum atomic E-state index is 11.8. The van der Waals surface area contributed by atoms with Crippen molar-refractivity contribution in [1.82, 2.24) is 5.32 Å². The summed E-state index contributed by atoms with van der Waals surface area (Å²) in [6.45, 7) is 0.174. The lowest BCUT2D eigenvalue weighted by Gasteiger charge is -2.33. The molecule has 114 valence electrons. The summed E-state index contributed by atoms with van der Waals surface area (Å²) in [5.74, 6) is -0.571. The van der Waals surface area contributed by atoms with Crippen molar-refractivity contribution in [2.24, 2.45) is 5.41 Å². The Morgan fingerprint density at radius 1 is 1.33 bits per heavy atom. The summed E-state index contributed by atoms with van der Waals surface area (Å²) in [6, 6.07) is 3.47. The van der Waals surface area contributed by atoms with Gasteiger partial charge in [0, 0.05) is 12.6 Å². The van der Waals surface area contributed by atoms with Gasteiger partial charge in [-0.3, -0.25) is 9.59 Å². The first-order valence-electron chi connectivity index (χ1n) is 6.96. The number of hydrogen-bond acceptors (Lipinski definition) is 3. The van der Waals surface area contributed by atoms with Crippen molar-refractivity contribution < 1.29 is 19.1 Å². The molecule has 0 atom stereocenters. The molecule has 1 heterocycles. The van der Waals surface area contributed by atoms with Gasteiger partial charge in [0.1, 0.15) is 5.76 Å². The third kappa shape index (κ3) is 4.20. The molecule has 6 heteroatoms. The Labute approximate surface area is 131 Å². The first-order valence-corrected chi connectivity index (χ1v) is 7.76. The zero-order chi connectivity index (χ0) is 15.3. The number of hydrogen-bond donors (Lipinski definition) is 2. The third-order valence-electron chi connectivity index (χ3n) is 3.86. The van der Waals surface area contributed by atoms with Gasteiger partial charge in [0.15, 0.2) is 4.67 Å². The monoisotopic (exact) mass is 355 g/mol. The Morgan fingerprint density at radius 3 is 2.62 bits per heavy atom. The second-order valence-electron chi connectivity index (χ2n) is 5.34. The van der Waals surface area contributed by atoms with Crippen molar-refractivity contribution in [3.63, 3.8) is 0 Å². The molecular weight excluding hydrogens is 338 g/mol. The van der Waals surface area contributed by atoms with Crippen molar-refractivity contribution in [3.8, 4) is 0 Å². The van der Waals surface area contributed by atoms with Crippen molar-refractivity contribution >= 4 is 33.9 Å². The molecule has 1 aromatic heterocycles. The molecule has 1 saturated carbocycles. The topological polar surface area (TPSA) is 79.5 Å². The Hall–Kier alpha value is -1.56.